The predicted molar refractivity (Wildman–Crippen MR) is 114 cm³/mol. The number of nitrogens with zero attached hydrogens (tertiary/aromatic N) is 3. The second kappa shape index (κ2) is 7.46. The van der Waals surface area contributed by atoms with Crippen molar-refractivity contribution in [3.8, 4) is 11.5 Å². The van der Waals surface area contributed by atoms with E-state index in [1.165, 1.54) is 11.1 Å². The second-order valence-electron chi connectivity index (χ2n) is 7.90. The van der Waals surface area contributed by atoms with Crippen LogP contribution in [0.5, 0.6) is 0 Å². The molecule has 0 aliphatic carbocycles. The molecule has 0 spiro atoms. The van der Waals surface area contributed by atoms with E-state index in [2.05, 4.69) is 22.5 Å². The van der Waals surface area contributed by atoms with Gasteiger partial charge in [0, 0.05) is 18.0 Å². The molecule has 0 radical (unpaired) electrons. The average molecular weight is 400 g/mol. The number of aryl methyl sites for hydroxylation is 2. The van der Waals surface area contributed by atoms with Gasteiger partial charge >= 0.3 is 0 Å². The molecule has 152 valence electrons. The van der Waals surface area contributed by atoms with Crippen LogP contribution in [-0.2, 0) is 11.3 Å². The minimum atomic E-state index is -0.219. The second-order valence-corrected chi connectivity index (χ2v) is 7.90. The van der Waals surface area contributed by atoms with Crippen molar-refractivity contribution in [2.24, 2.45) is 0 Å². The Labute approximate surface area is 175 Å². The number of benzene rings is 2. The summed E-state index contributed by atoms with van der Waals surface area (Å²) in [6.07, 6.45) is 4.49. The van der Waals surface area contributed by atoms with Crippen LogP contribution in [0.25, 0.3) is 11.5 Å². The molecule has 2 atom stereocenters. The molecule has 2 aliphatic heterocycles. The number of rotatable bonds is 4. The van der Waals surface area contributed by atoms with Crippen LogP contribution in [-0.4, -0.2) is 26.8 Å². The molecule has 6 heteroatoms. The largest absolute Gasteiger partial charge is 0.441 e. The van der Waals surface area contributed by atoms with Crippen LogP contribution in [0, 0.1) is 13.8 Å². The van der Waals surface area contributed by atoms with Crippen molar-refractivity contribution in [3.05, 3.63) is 89.6 Å². The quantitative estimate of drug-likeness (QED) is 0.715. The van der Waals surface area contributed by atoms with E-state index in [1.54, 1.807) is 4.90 Å². The highest BCUT2D eigenvalue weighted by Crippen LogP contribution is 2.31. The first-order chi connectivity index (χ1) is 14.6. The van der Waals surface area contributed by atoms with E-state index in [9.17, 15) is 4.79 Å². The Morgan fingerprint density at radius 3 is 2.60 bits per heavy atom. The number of carbonyl (C=O) groups excluding carboxylic acids is 1. The fourth-order valence-electron chi connectivity index (χ4n) is 4.03. The fraction of sp³-hybridized carbons (Fsp3) is 0.250. The van der Waals surface area contributed by atoms with Gasteiger partial charge in [-0.05, 0) is 38.0 Å². The van der Waals surface area contributed by atoms with E-state index >= 15 is 0 Å². The van der Waals surface area contributed by atoms with E-state index in [0.29, 0.717) is 12.4 Å². The van der Waals surface area contributed by atoms with Crippen molar-refractivity contribution in [2.75, 3.05) is 0 Å². The van der Waals surface area contributed by atoms with Gasteiger partial charge in [0.05, 0.1) is 12.6 Å². The maximum absolute atomic E-state index is 13.1. The maximum Gasteiger partial charge on any atom is 0.251 e. The molecule has 1 amide bonds. The monoisotopic (exact) mass is 400 g/mol. The molecule has 5 rings (SSSR count). The summed E-state index contributed by atoms with van der Waals surface area (Å²) in [4.78, 5) is 19.5. The number of fused-ring (bicyclic) bond motifs is 1. The third-order valence-electron chi connectivity index (χ3n) is 5.79. The van der Waals surface area contributed by atoms with Crippen LogP contribution < -0.4 is 5.43 Å². The van der Waals surface area contributed by atoms with Crippen LogP contribution in [0.15, 0.2) is 71.4 Å². The lowest BCUT2D eigenvalue weighted by Gasteiger charge is -2.31. The minimum Gasteiger partial charge on any atom is -0.441 e. The number of aromatic nitrogens is 1. The Morgan fingerprint density at radius 2 is 1.83 bits per heavy atom. The molecule has 1 N–H and O–H groups in total. The van der Waals surface area contributed by atoms with Gasteiger partial charge in [-0.1, -0.05) is 48.0 Å². The van der Waals surface area contributed by atoms with Gasteiger partial charge in [-0.25, -0.2) is 10.4 Å². The number of amides is 1. The molecule has 0 saturated carbocycles. The highest BCUT2D eigenvalue weighted by Gasteiger charge is 2.40. The number of hydrazine groups is 1. The lowest BCUT2D eigenvalue weighted by atomic mass is 10.0. The molecule has 2 unspecified atom stereocenters. The maximum atomic E-state index is 13.1. The van der Waals surface area contributed by atoms with E-state index in [4.69, 9.17) is 4.42 Å². The Balaban J connectivity index is 1.32. The molecule has 6 nitrogen and oxygen atoms in total. The summed E-state index contributed by atoms with van der Waals surface area (Å²) in [5.74, 6) is 1.40. The average Bonchev–Trinajstić information content (AvgIpc) is 3.36. The first kappa shape index (κ1) is 18.6. The van der Waals surface area contributed by atoms with Crippen molar-refractivity contribution in [3.63, 3.8) is 0 Å². The number of hydrogen-bond donors (Lipinski definition) is 1. The molecule has 2 aliphatic rings. The van der Waals surface area contributed by atoms with Crippen LogP contribution in [0.3, 0.4) is 0 Å². The number of oxazole rings is 1. The summed E-state index contributed by atoms with van der Waals surface area (Å²) in [6.45, 7) is 4.34. The lowest BCUT2D eigenvalue weighted by molar-refractivity contribution is -0.135. The van der Waals surface area contributed by atoms with E-state index in [-0.39, 0.29) is 18.0 Å². The summed E-state index contributed by atoms with van der Waals surface area (Å²) < 4.78 is 5.88. The third kappa shape index (κ3) is 3.39. The summed E-state index contributed by atoms with van der Waals surface area (Å²) in [5.41, 5.74) is 7.53. The molecule has 1 saturated heterocycles. The van der Waals surface area contributed by atoms with Crippen LogP contribution in [0.1, 0.15) is 35.0 Å². The molecule has 30 heavy (non-hydrogen) atoms. The lowest BCUT2D eigenvalue weighted by Crippen LogP contribution is -2.47. The van der Waals surface area contributed by atoms with Crippen molar-refractivity contribution in [1.29, 1.82) is 0 Å². The fourth-order valence-corrected chi connectivity index (χ4v) is 4.03. The van der Waals surface area contributed by atoms with E-state index in [1.807, 2.05) is 73.7 Å². The van der Waals surface area contributed by atoms with E-state index < -0.39 is 0 Å². The first-order valence-corrected chi connectivity index (χ1v) is 10.2. The first-order valence-electron chi connectivity index (χ1n) is 10.2. The zero-order chi connectivity index (χ0) is 20.7. The minimum absolute atomic E-state index is 0.0720. The summed E-state index contributed by atoms with van der Waals surface area (Å²) in [6, 6.07) is 18.2. The molecule has 2 aromatic carbocycles. The summed E-state index contributed by atoms with van der Waals surface area (Å²) in [5, 5.41) is 1.92. The topological polar surface area (TPSA) is 61.6 Å². The van der Waals surface area contributed by atoms with Crippen LogP contribution in [0.4, 0.5) is 0 Å². The van der Waals surface area contributed by atoms with Crippen molar-refractivity contribution in [2.45, 2.75) is 38.9 Å². The third-order valence-corrected chi connectivity index (χ3v) is 5.79. The Bertz CT molecular complexity index is 1090. The molecule has 1 aromatic heterocycles. The smallest absolute Gasteiger partial charge is 0.251 e. The van der Waals surface area contributed by atoms with Crippen molar-refractivity contribution >= 4 is 5.91 Å². The van der Waals surface area contributed by atoms with Crippen molar-refractivity contribution in [1.82, 2.24) is 20.3 Å². The molecular formula is C24H24N4O2. The highest BCUT2D eigenvalue weighted by atomic mass is 16.4. The highest BCUT2D eigenvalue weighted by molar-refractivity contribution is 5.84. The standard InChI is InChI=1S/C24H24N4O2/c1-16-8-10-19(11-9-16)23-25-21(17(2)30-23)15-27-12-13-28-22(24(27)29)14-20(26-28)18-6-4-3-5-7-18/h3-13,20,22,26H,14-15H2,1-2H3. The molecule has 1 fully saturated rings. The van der Waals surface area contributed by atoms with Gasteiger partial charge in [-0.15, -0.1) is 0 Å². The Morgan fingerprint density at radius 1 is 1.07 bits per heavy atom. The normalized spacial score (nSPS) is 20.7. The molecule has 0 bridgehead atoms. The number of nitrogens with one attached hydrogen (secondary N) is 1. The van der Waals surface area contributed by atoms with Crippen molar-refractivity contribution < 1.29 is 9.21 Å². The number of hydrogen-bond acceptors (Lipinski definition) is 5. The van der Waals surface area contributed by atoms with Gasteiger partial charge in [-0.2, -0.15) is 0 Å². The van der Waals surface area contributed by atoms with Gasteiger partial charge < -0.3 is 14.3 Å². The summed E-state index contributed by atoms with van der Waals surface area (Å²) in [7, 11) is 0. The zero-order valence-electron chi connectivity index (χ0n) is 17.1. The Kier molecular flexibility index (Phi) is 4.64. The van der Waals surface area contributed by atoms with Gasteiger partial charge in [0.15, 0.2) is 0 Å². The van der Waals surface area contributed by atoms with Gasteiger partial charge in [0.1, 0.15) is 17.5 Å². The SMILES string of the molecule is Cc1ccc(-c2nc(CN3C=CN4NC(c5ccccc5)CC4C3=O)c(C)o2)cc1. The summed E-state index contributed by atoms with van der Waals surface area (Å²) >= 11 is 0. The predicted octanol–water partition coefficient (Wildman–Crippen LogP) is 4.09. The van der Waals surface area contributed by atoms with Crippen LogP contribution >= 0.6 is 0 Å². The molecular weight excluding hydrogens is 376 g/mol. The van der Waals surface area contributed by atoms with Gasteiger partial charge in [0.2, 0.25) is 5.89 Å². The van der Waals surface area contributed by atoms with Gasteiger partial charge in [0.25, 0.3) is 5.91 Å². The molecule has 3 aromatic rings. The zero-order valence-corrected chi connectivity index (χ0v) is 17.1. The van der Waals surface area contributed by atoms with Crippen LogP contribution in [0.2, 0.25) is 0 Å². The number of carbonyl (C=O) groups is 1. The molecule has 3 heterocycles. The Hall–Kier alpha value is -3.38. The van der Waals surface area contributed by atoms with Gasteiger partial charge in [-0.3, -0.25) is 4.79 Å². The van der Waals surface area contributed by atoms with E-state index in [0.717, 1.165) is 23.4 Å².